The van der Waals surface area contributed by atoms with Crippen LogP contribution >= 0.6 is 11.8 Å². The third-order valence-electron chi connectivity index (χ3n) is 4.38. The molecule has 1 unspecified atom stereocenters. The van der Waals surface area contributed by atoms with Crippen LogP contribution in [0.5, 0.6) is 5.75 Å². The van der Waals surface area contributed by atoms with Gasteiger partial charge in [-0.3, -0.25) is 10.2 Å². The molecule has 0 spiro atoms. The van der Waals surface area contributed by atoms with Gasteiger partial charge in [-0.25, -0.2) is 4.99 Å². The zero-order valence-electron chi connectivity index (χ0n) is 16.3. The Bertz CT molecular complexity index is 1080. The van der Waals surface area contributed by atoms with E-state index in [0.29, 0.717) is 22.3 Å². The molecule has 1 amide bonds. The van der Waals surface area contributed by atoms with Gasteiger partial charge < -0.3 is 10.1 Å². The van der Waals surface area contributed by atoms with Crippen molar-refractivity contribution in [2.75, 3.05) is 12.4 Å². The lowest BCUT2D eigenvalue weighted by Gasteiger charge is -2.23. The summed E-state index contributed by atoms with van der Waals surface area (Å²) in [6.45, 7) is 0. The lowest BCUT2D eigenvalue weighted by molar-refractivity contribution is -0.114. The molecule has 1 heterocycles. The summed E-state index contributed by atoms with van der Waals surface area (Å²) in [5.74, 6) is 0.493. The second-order valence-corrected chi connectivity index (χ2v) is 7.54. The fraction of sp³-hybridized carbons (Fsp3) is 0.0870. The molecular formula is C23H20N4O2S. The quantitative estimate of drug-likeness (QED) is 0.645. The van der Waals surface area contributed by atoms with Gasteiger partial charge in [-0.05, 0) is 29.8 Å². The maximum atomic E-state index is 13.2. The van der Waals surface area contributed by atoms with Gasteiger partial charge >= 0.3 is 0 Å². The van der Waals surface area contributed by atoms with E-state index in [1.165, 1.54) is 11.8 Å². The van der Waals surface area contributed by atoms with Gasteiger partial charge in [-0.2, -0.15) is 5.10 Å². The van der Waals surface area contributed by atoms with Crippen molar-refractivity contribution in [1.82, 2.24) is 5.43 Å². The Labute approximate surface area is 179 Å². The molecule has 4 rings (SSSR count). The number of aliphatic imine (C=N–C) groups is 1. The molecule has 30 heavy (non-hydrogen) atoms. The Morgan fingerprint density at radius 2 is 1.77 bits per heavy atom. The number of nitrogens with one attached hydrogen (secondary N) is 2. The van der Waals surface area contributed by atoms with Crippen LogP contribution in [0.1, 0.15) is 5.56 Å². The number of methoxy groups -OCH3 is 1. The Kier molecular flexibility index (Phi) is 6.10. The first-order chi connectivity index (χ1) is 14.7. The standard InChI is InChI=1S/C23H20N4O2S/c1-29-19-14-8-13-18(15-19)24-22(28)21-20(16-9-4-2-5-10-16)26-27-23(30-21)25-17-11-6-3-7-12-17/h2-15,21H,1H3,(H,24,28)(H,25,27). The molecule has 0 aromatic heterocycles. The van der Waals surface area contributed by atoms with Crippen LogP contribution in [0, 0.1) is 0 Å². The summed E-state index contributed by atoms with van der Waals surface area (Å²) >= 11 is 1.33. The summed E-state index contributed by atoms with van der Waals surface area (Å²) in [5, 5.41) is 7.45. The van der Waals surface area contributed by atoms with E-state index in [2.05, 4.69) is 20.8 Å². The molecule has 6 nitrogen and oxygen atoms in total. The Morgan fingerprint density at radius 1 is 1.03 bits per heavy atom. The van der Waals surface area contributed by atoms with E-state index >= 15 is 0 Å². The first-order valence-electron chi connectivity index (χ1n) is 9.37. The summed E-state index contributed by atoms with van der Waals surface area (Å²) in [6.07, 6.45) is 0. The van der Waals surface area contributed by atoms with Gasteiger partial charge in [0.25, 0.3) is 0 Å². The predicted molar refractivity (Wildman–Crippen MR) is 123 cm³/mol. The van der Waals surface area contributed by atoms with Crippen molar-refractivity contribution in [1.29, 1.82) is 0 Å². The SMILES string of the molecule is COc1cccc(NC(=O)C2SC(=Nc3ccccc3)NN=C2c2ccccc2)c1. The monoisotopic (exact) mass is 416 g/mol. The number of hydrogen-bond donors (Lipinski definition) is 2. The van der Waals surface area contributed by atoms with Crippen LogP contribution in [0.4, 0.5) is 11.4 Å². The zero-order valence-corrected chi connectivity index (χ0v) is 17.1. The van der Waals surface area contributed by atoms with Crippen molar-refractivity contribution in [3.8, 4) is 5.75 Å². The second kappa shape index (κ2) is 9.28. The van der Waals surface area contributed by atoms with Crippen molar-refractivity contribution in [3.05, 3.63) is 90.5 Å². The highest BCUT2D eigenvalue weighted by Crippen LogP contribution is 2.26. The molecule has 7 heteroatoms. The molecular weight excluding hydrogens is 396 g/mol. The number of carbonyl (C=O) groups excluding carboxylic acids is 1. The normalized spacial score (nSPS) is 17.0. The van der Waals surface area contributed by atoms with Crippen LogP contribution in [-0.2, 0) is 4.79 Å². The minimum Gasteiger partial charge on any atom is -0.497 e. The molecule has 0 fully saturated rings. The number of amidine groups is 1. The van der Waals surface area contributed by atoms with E-state index < -0.39 is 5.25 Å². The van der Waals surface area contributed by atoms with E-state index in [9.17, 15) is 4.79 Å². The highest BCUT2D eigenvalue weighted by Gasteiger charge is 2.32. The van der Waals surface area contributed by atoms with Gasteiger partial charge in [0.05, 0.1) is 18.5 Å². The topological polar surface area (TPSA) is 75.1 Å². The molecule has 1 aliphatic rings. The van der Waals surface area contributed by atoms with E-state index in [4.69, 9.17) is 4.74 Å². The van der Waals surface area contributed by atoms with Crippen LogP contribution in [0.15, 0.2) is 95.0 Å². The second-order valence-electron chi connectivity index (χ2n) is 6.45. The number of hydrogen-bond acceptors (Lipinski definition) is 5. The highest BCUT2D eigenvalue weighted by molar-refractivity contribution is 8.15. The third-order valence-corrected chi connectivity index (χ3v) is 5.46. The molecule has 1 aliphatic heterocycles. The van der Waals surface area contributed by atoms with Gasteiger partial charge in [0.15, 0.2) is 5.17 Å². The largest absolute Gasteiger partial charge is 0.497 e. The molecule has 150 valence electrons. The van der Waals surface area contributed by atoms with Crippen LogP contribution in [0.3, 0.4) is 0 Å². The van der Waals surface area contributed by atoms with Crippen LogP contribution in [0.2, 0.25) is 0 Å². The number of benzene rings is 3. The van der Waals surface area contributed by atoms with Gasteiger partial charge in [0, 0.05) is 11.8 Å². The van der Waals surface area contributed by atoms with E-state index in [1.807, 2.05) is 78.9 Å². The van der Waals surface area contributed by atoms with Crippen molar-refractivity contribution in [3.63, 3.8) is 0 Å². The number of hydrazone groups is 1. The molecule has 0 bridgehead atoms. The highest BCUT2D eigenvalue weighted by atomic mass is 32.2. The molecule has 0 radical (unpaired) electrons. The molecule has 0 saturated heterocycles. The number of para-hydroxylation sites is 1. The van der Waals surface area contributed by atoms with E-state index in [0.717, 1.165) is 11.3 Å². The van der Waals surface area contributed by atoms with Crippen molar-refractivity contribution in [2.45, 2.75) is 5.25 Å². The van der Waals surface area contributed by atoms with Crippen molar-refractivity contribution < 1.29 is 9.53 Å². The fourth-order valence-corrected chi connectivity index (χ4v) is 3.89. The lowest BCUT2D eigenvalue weighted by atomic mass is 10.1. The smallest absolute Gasteiger partial charge is 0.244 e. The van der Waals surface area contributed by atoms with Gasteiger partial charge in [-0.1, -0.05) is 66.4 Å². The summed E-state index contributed by atoms with van der Waals surface area (Å²) in [7, 11) is 1.59. The minimum atomic E-state index is -0.567. The number of nitrogens with zero attached hydrogens (tertiary/aromatic N) is 2. The molecule has 0 aliphatic carbocycles. The average Bonchev–Trinajstić information content (AvgIpc) is 2.80. The average molecular weight is 417 g/mol. The van der Waals surface area contributed by atoms with Crippen molar-refractivity contribution in [2.24, 2.45) is 10.1 Å². The third kappa shape index (κ3) is 4.69. The van der Waals surface area contributed by atoms with Crippen LogP contribution in [0.25, 0.3) is 0 Å². The molecule has 2 N–H and O–H groups in total. The molecule has 0 saturated carbocycles. The van der Waals surface area contributed by atoms with E-state index in [-0.39, 0.29) is 5.91 Å². The predicted octanol–water partition coefficient (Wildman–Crippen LogP) is 4.43. The minimum absolute atomic E-state index is 0.182. The molecule has 1 atom stereocenters. The van der Waals surface area contributed by atoms with Crippen LogP contribution < -0.4 is 15.5 Å². The van der Waals surface area contributed by atoms with Gasteiger partial charge in [0.2, 0.25) is 5.91 Å². The maximum absolute atomic E-state index is 13.2. The maximum Gasteiger partial charge on any atom is 0.244 e. The number of ether oxygens (including phenoxy) is 1. The number of amides is 1. The summed E-state index contributed by atoms with van der Waals surface area (Å²) < 4.78 is 5.25. The fourth-order valence-electron chi connectivity index (χ4n) is 2.94. The Morgan fingerprint density at radius 3 is 2.50 bits per heavy atom. The summed E-state index contributed by atoms with van der Waals surface area (Å²) in [6, 6.07) is 26.5. The first-order valence-corrected chi connectivity index (χ1v) is 10.3. The number of rotatable bonds is 5. The molecule has 3 aromatic rings. The lowest BCUT2D eigenvalue weighted by Crippen LogP contribution is -2.40. The summed E-state index contributed by atoms with van der Waals surface area (Å²) in [4.78, 5) is 17.8. The van der Waals surface area contributed by atoms with Crippen molar-refractivity contribution >= 4 is 39.9 Å². The number of carbonyl (C=O) groups is 1. The zero-order chi connectivity index (χ0) is 20.8. The summed E-state index contributed by atoms with van der Waals surface area (Å²) in [5.41, 5.74) is 5.96. The number of anilines is 1. The Balaban J connectivity index is 1.63. The Hall–Kier alpha value is -3.58. The van der Waals surface area contributed by atoms with Gasteiger partial charge in [0.1, 0.15) is 11.0 Å². The van der Waals surface area contributed by atoms with Gasteiger partial charge in [-0.15, -0.1) is 0 Å². The first kappa shape index (κ1) is 19.7. The van der Waals surface area contributed by atoms with Crippen LogP contribution in [-0.4, -0.2) is 29.1 Å². The molecule has 3 aromatic carbocycles. The van der Waals surface area contributed by atoms with E-state index in [1.54, 1.807) is 13.2 Å². The number of thioether (sulfide) groups is 1.